The molecule has 3 nitrogen and oxygen atoms in total. The van der Waals surface area contributed by atoms with Crippen LogP contribution in [0.1, 0.15) is 51.4 Å². The number of rotatable bonds is 9. The summed E-state index contributed by atoms with van der Waals surface area (Å²) in [6.45, 7) is 11.5. The summed E-state index contributed by atoms with van der Waals surface area (Å²) in [4.78, 5) is 13.1. The quantitative estimate of drug-likeness (QED) is 0.158. The Labute approximate surface area is 228 Å². The molecule has 0 radical (unpaired) electrons. The molecule has 37 heavy (non-hydrogen) atoms. The van der Waals surface area contributed by atoms with Gasteiger partial charge in [0.1, 0.15) is 24.5 Å². The summed E-state index contributed by atoms with van der Waals surface area (Å²) in [5, 5.41) is 1.79. The summed E-state index contributed by atoms with van der Waals surface area (Å²) < 4.78 is 22.0. The van der Waals surface area contributed by atoms with Gasteiger partial charge in [0.25, 0.3) is 0 Å². The molecule has 0 unspecified atom stereocenters. The highest BCUT2D eigenvalue weighted by atomic mass is 35.5. The highest BCUT2D eigenvalue weighted by Gasteiger charge is 2.28. The van der Waals surface area contributed by atoms with Crippen LogP contribution in [-0.4, -0.2) is 15.6 Å². The van der Waals surface area contributed by atoms with Crippen LogP contribution in [0.4, 0.5) is 4.39 Å². The van der Waals surface area contributed by atoms with Crippen LogP contribution < -0.4 is 4.74 Å². The maximum atomic E-state index is 13.6. The van der Waals surface area contributed by atoms with Crippen LogP contribution >= 0.6 is 23.4 Å². The Bertz CT molecular complexity index is 1400. The number of thioether (sulfide) groups is 1. The lowest BCUT2D eigenvalue weighted by molar-refractivity contribution is -0.114. The van der Waals surface area contributed by atoms with Gasteiger partial charge < -0.3 is 14.1 Å². The van der Waals surface area contributed by atoms with Crippen LogP contribution in [0.3, 0.4) is 0 Å². The van der Waals surface area contributed by atoms with E-state index in [0.29, 0.717) is 18.0 Å². The third-order valence-electron chi connectivity index (χ3n) is 5.99. The minimum Gasteiger partial charge on any atom is -0.489 e. The van der Waals surface area contributed by atoms with Gasteiger partial charge in [0.15, 0.2) is 0 Å². The van der Waals surface area contributed by atoms with Gasteiger partial charge in [-0.1, -0.05) is 70.5 Å². The molecule has 0 saturated carbocycles. The minimum absolute atomic E-state index is 0.0438. The maximum Gasteiger partial charge on any atom is 0.125 e. The first-order valence-corrected chi connectivity index (χ1v) is 13.6. The molecule has 4 rings (SSSR count). The van der Waals surface area contributed by atoms with E-state index in [2.05, 4.69) is 37.5 Å². The van der Waals surface area contributed by atoms with Gasteiger partial charge in [-0.05, 0) is 53.6 Å². The molecular weight excluding hydrogens is 505 g/mol. The number of carbonyl (C=O) groups excluding carboxylic acids is 1. The number of hydrogen-bond donors (Lipinski definition) is 0. The normalized spacial score (nSPS) is 12.2. The first-order valence-electron chi connectivity index (χ1n) is 12.4. The lowest BCUT2D eigenvalue weighted by atomic mass is 9.89. The molecule has 0 atom stereocenters. The zero-order chi connectivity index (χ0) is 26.8. The van der Waals surface area contributed by atoms with Gasteiger partial charge in [-0.25, -0.2) is 4.39 Å². The fourth-order valence-electron chi connectivity index (χ4n) is 4.26. The molecule has 0 bridgehead atoms. The van der Waals surface area contributed by atoms with Crippen LogP contribution in [0.15, 0.2) is 71.6 Å². The molecule has 1 aromatic heterocycles. The van der Waals surface area contributed by atoms with Crippen LogP contribution in [0, 0.1) is 11.2 Å². The predicted octanol–water partition coefficient (Wildman–Crippen LogP) is 8.72. The van der Waals surface area contributed by atoms with Crippen molar-refractivity contribution < 1.29 is 13.9 Å². The number of nitrogens with zero attached hydrogens (tertiary/aromatic N) is 1. The average molecular weight is 538 g/mol. The van der Waals surface area contributed by atoms with E-state index in [1.165, 1.54) is 12.1 Å². The molecule has 0 saturated heterocycles. The molecular formula is C31H33ClFNO2S. The third kappa shape index (κ3) is 6.97. The van der Waals surface area contributed by atoms with Crippen molar-refractivity contribution in [1.82, 2.24) is 4.57 Å². The van der Waals surface area contributed by atoms with Crippen LogP contribution in [0.5, 0.6) is 5.75 Å². The number of ether oxygens (including phenoxy) is 1. The molecule has 194 valence electrons. The second-order valence-corrected chi connectivity index (χ2v) is 13.4. The van der Waals surface area contributed by atoms with Gasteiger partial charge in [-0.3, -0.25) is 0 Å². The zero-order valence-corrected chi connectivity index (χ0v) is 23.5. The van der Waals surface area contributed by atoms with Crippen molar-refractivity contribution in [3.8, 4) is 5.75 Å². The van der Waals surface area contributed by atoms with Crippen molar-refractivity contribution in [1.29, 1.82) is 0 Å². The summed E-state index contributed by atoms with van der Waals surface area (Å²) in [7, 11) is 0. The van der Waals surface area contributed by atoms with E-state index in [9.17, 15) is 9.18 Å². The molecule has 4 aromatic rings. The Morgan fingerprint density at radius 2 is 1.70 bits per heavy atom. The largest absolute Gasteiger partial charge is 0.489 e. The van der Waals surface area contributed by atoms with E-state index in [0.717, 1.165) is 44.7 Å². The monoisotopic (exact) mass is 537 g/mol. The van der Waals surface area contributed by atoms with E-state index in [1.54, 1.807) is 17.8 Å². The maximum absolute atomic E-state index is 13.6. The summed E-state index contributed by atoms with van der Waals surface area (Å²) in [6, 6.07) is 20.4. The van der Waals surface area contributed by atoms with Crippen molar-refractivity contribution in [3.05, 3.63) is 94.4 Å². The standard InChI is InChI=1S/C31H33ClFNO2S/c1-30(2,3)37-29-26-16-25(36-19-22-7-6-8-24(33)15-22)13-14-27(26)34(28(29)17-31(4,5)20-35)18-21-9-11-23(32)12-10-21/h6-16,20H,17-19H2,1-5H3. The predicted molar refractivity (Wildman–Crippen MR) is 152 cm³/mol. The van der Waals surface area contributed by atoms with Gasteiger partial charge in [-0.2, -0.15) is 0 Å². The average Bonchev–Trinajstić information content (AvgIpc) is 3.09. The Balaban J connectivity index is 1.83. The highest BCUT2D eigenvalue weighted by Crippen LogP contribution is 2.44. The number of carbonyl (C=O) groups is 1. The second-order valence-electron chi connectivity index (χ2n) is 11.1. The molecule has 0 aliphatic rings. The molecule has 0 fully saturated rings. The Kier molecular flexibility index (Phi) is 8.05. The first kappa shape index (κ1) is 27.3. The molecule has 3 aromatic carbocycles. The van der Waals surface area contributed by atoms with E-state index in [4.69, 9.17) is 16.3 Å². The molecule has 0 amide bonds. The van der Waals surface area contributed by atoms with Gasteiger partial charge in [0.05, 0.1) is 0 Å². The molecule has 6 heteroatoms. The lowest BCUT2D eigenvalue weighted by Gasteiger charge is -2.23. The molecule has 1 heterocycles. The van der Waals surface area contributed by atoms with Crippen molar-refractivity contribution in [2.75, 3.05) is 0 Å². The number of halogens is 2. The van der Waals surface area contributed by atoms with Gasteiger partial charge in [0, 0.05) is 49.6 Å². The molecule has 0 N–H and O–H groups in total. The number of aromatic nitrogens is 1. The molecule has 0 aliphatic heterocycles. The highest BCUT2D eigenvalue weighted by molar-refractivity contribution is 8.00. The van der Waals surface area contributed by atoms with Crippen molar-refractivity contribution in [2.24, 2.45) is 5.41 Å². The number of fused-ring (bicyclic) bond motifs is 1. The van der Waals surface area contributed by atoms with Crippen molar-refractivity contribution in [3.63, 3.8) is 0 Å². The Hall–Kier alpha value is -2.76. The van der Waals surface area contributed by atoms with Crippen molar-refractivity contribution >= 4 is 40.6 Å². The lowest BCUT2D eigenvalue weighted by Crippen LogP contribution is -2.20. The van der Waals surface area contributed by atoms with Crippen LogP contribution in [-0.2, 0) is 24.4 Å². The third-order valence-corrected chi connectivity index (χ3v) is 7.51. The fourth-order valence-corrected chi connectivity index (χ4v) is 5.57. The van der Waals surface area contributed by atoms with Crippen molar-refractivity contribution in [2.45, 2.75) is 63.8 Å². The van der Waals surface area contributed by atoms with Crippen LogP contribution in [0.2, 0.25) is 5.02 Å². The Morgan fingerprint density at radius 1 is 0.973 bits per heavy atom. The number of aldehydes is 1. The van der Waals surface area contributed by atoms with E-state index >= 15 is 0 Å². The minimum atomic E-state index is -0.518. The first-order chi connectivity index (χ1) is 17.4. The summed E-state index contributed by atoms with van der Waals surface area (Å²) >= 11 is 7.94. The molecule has 0 spiro atoms. The fraction of sp³-hybridized carbons (Fsp3) is 0.323. The summed E-state index contributed by atoms with van der Waals surface area (Å²) in [6.07, 6.45) is 1.65. The van der Waals surface area contributed by atoms with Gasteiger partial charge >= 0.3 is 0 Å². The van der Waals surface area contributed by atoms with E-state index < -0.39 is 5.41 Å². The second kappa shape index (κ2) is 10.9. The zero-order valence-electron chi connectivity index (χ0n) is 22.0. The van der Waals surface area contributed by atoms with Gasteiger partial charge in [-0.15, -0.1) is 11.8 Å². The SMILES string of the molecule is CC(C)(C=O)Cc1c(SC(C)(C)C)c2cc(OCc3cccc(F)c3)ccc2n1Cc1ccc(Cl)cc1. The van der Waals surface area contributed by atoms with Gasteiger partial charge in [0.2, 0.25) is 0 Å². The molecule has 0 aliphatic carbocycles. The van der Waals surface area contributed by atoms with Crippen LogP contribution in [0.25, 0.3) is 10.9 Å². The van der Waals surface area contributed by atoms with E-state index in [1.807, 2.05) is 50.2 Å². The smallest absolute Gasteiger partial charge is 0.125 e. The topological polar surface area (TPSA) is 31.2 Å². The summed E-state index contributed by atoms with van der Waals surface area (Å²) in [5.41, 5.74) is 3.60. The summed E-state index contributed by atoms with van der Waals surface area (Å²) in [5.74, 6) is 0.444. The number of benzene rings is 3. The Morgan fingerprint density at radius 3 is 2.35 bits per heavy atom. The van der Waals surface area contributed by atoms with E-state index in [-0.39, 0.29) is 17.2 Å². The number of hydrogen-bond acceptors (Lipinski definition) is 3.